The van der Waals surface area contributed by atoms with Crippen LogP contribution in [-0.2, 0) is 17.4 Å². The fourth-order valence-corrected chi connectivity index (χ4v) is 7.13. The maximum atomic E-state index is 2.45. The van der Waals surface area contributed by atoms with E-state index in [2.05, 4.69) is 49.6 Å². The van der Waals surface area contributed by atoms with Crippen LogP contribution in [0.2, 0.25) is 13.1 Å². The third-order valence-electron chi connectivity index (χ3n) is 2.56. The predicted octanol–water partition coefficient (Wildman–Crippen LogP) is 3.27. The molecule has 0 saturated carbocycles. The standard InChI is InChI=1S/C11H10.C2H6Si.Ti/c1-2-6-10(5-1)9-11-7-3-4-8-11;1-3-2;/h1-5,7H,6,8H2;1-2H3;. The van der Waals surface area contributed by atoms with Crippen molar-refractivity contribution >= 4 is 10.00 Å². The van der Waals surface area contributed by atoms with Gasteiger partial charge in [-0.25, -0.2) is 0 Å². The van der Waals surface area contributed by atoms with Crippen LogP contribution in [0.15, 0.2) is 47.6 Å². The minimum atomic E-state index is -0.0557. The number of hydrogen-bond acceptors (Lipinski definition) is 0. The average Bonchev–Trinajstić information content (AvgIpc) is 2.87. The van der Waals surface area contributed by atoms with Gasteiger partial charge in [0.25, 0.3) is 0 Å². The molecule has 0 fully saturated rings. The quantitative estimate of drug-likeness (QED) is 0.658. The molecule has 0 aliphatic heterocycles. The first-order chi connectivity index (χ1) is 7.27. The van der Waals surface area contributed by atoms with Gasteiger partial charge in [0.2, 0.25) is 0 Å². The van der Waals surface area contributed by atoms with E-state index in [1.807, 2.05) is 0 Å². The molecular formula is C13H16SiTi. The molecule has 0 radical (unpaired) electrons. The summed E-state index contributed by atoms with van der Waals surface area (Å²) in [4.78, 5) is 0. The van der Waals surface area contributed by atoms with Crippen molar-refractivity contribution < 1.29 is 17.4 Å². The summed E-state index contributed by atoms with van der Waals surface area (Å²) in [6.07, 6.45) is 15.9. The van der Waals surface area contributed by atoms with Gasteiger partial charge < -0.3 is 0 Å². The van der Waals surface area contributed by atoms with E-state index in [1.165, 1.54) is 12.8 Å². The zero-order chi connectivity index (χ0) is 10.7. The Balaban J connectivity index is 2.38. The van der Waals surface area contributed by atoms with Crippen molar-refractivity contribution in [3.05, 3.63) is 47.6 Å². The number of allylic oxidation sites excluding steroid dienone is 8. The molecule has 2 aliphatic carbocycles. The van der Waals surface area contributed by atoms with Crippen LogP contribution in [0.5, 0.6) is 0 Å². The normalized spacial score (nSPS) is 17.5. The van der Waals surface area contributed by atoms with Crippen LogP contribution in [0.1, 0.15) is 12.8 Å². The third kappa shape index (κ3) is 2.87. The molecular weight excluding hydrogens is 232 g/mol. The van der Waals surface area contributed by atoms with Crippen LogP contribution in [-0.4, -0.2) is 10.00 Å². The Morgan fingerprint density at radius 1 is 1.07 bits per heavy atom. The fraction of sp³-hybridized carbons (Fsp3) is 0.308. The van der Waals surface area contributed by atoms with Crippen LogP contribution in [0.3, 0.4) is 0 Å². The summed E-state index contributed by atoms with van der Waals surface area (Å²) in [5.41, 5.74) is 3.22. The molecule has 2 rings (SSSR count). The van der Waals surface area contributed by atoms with Gasteiger partial charge in [-0.3, -0.25) is 0 Å². The summed E-state index contributed by atoms with van der Waals surface area (Å²) < 4.78 is 1.75. The van der Waals surface area contributed by atoms with Crippen molar-refractivity contribution in [1.29, 1.82) is 0 Å². The summed E-state index contributed by atoms with van der Waals surface area (Å²) in [5.74, 6) is 0. The van der Waals surface area contributed by atoms with Gasteiger partial charge in [0.05, 0.1) is 0 Å². The van der Waals surface area contributed by atoms with Gasteiger partial charge >= 0.3 is 101 Å². The Labute approximate surface area is 101 Å². The van der Waals surface area contributed by atoms with Gasteiger partial charge in [0.15, 0.2) is 0 Å². The second-order valence-electron chi connectivity index (χ2n) is 4.15. The Kier molecular flexibility index (Phi) is 3.90. The van der Waals surface area contributed by atoms with Crippen LogP contribution in [0.25, 0.3) is 0 Å². The summed E-state index contributed by atoms with van der Waals surface area (Å²) in [5, 5.41) is 0. The van der Waals surface area contributed by atoms with Crippen LogP contribution < -0.4 is 0 Å². The Morgan fingerprint density at radius 3 is 1.93 bits per heavy atom. The Morgan fingerprint density at radius 2 is 1.60 bits per heavy atom. The predicted molar refractivity (Wildman–Crippen MR) is 66.2 cm³/mol. The van der Waals surface area contributed by atoms with E-state index in [9.17, 15) is 0 Å². The molecule has 0 aromatic rings. The van der Waals surface area contributed by atoms with Crippen molar-refractivity contribution in [2.45, 2.75) is 25.9 Å². The van der Waals surface area contributed by atoms with E-state index in [-0.39, 0.29) is 23.6 Å². The molecule has 76 valence electrons. The first-order valence-corrected chi connectivity index (χ1v) is 11.1. The van der Waals surface area contributed by atoms with E-state index in [0.29, 0.717) is 0 Å². The molecule has 0 heterocycles. The van der Waals surface area contributed by atoms with E-state index in [4.69, 9.17) is 0 Å². The first kappa shape index (κ1) is 11.3. The molecule has 0 bridgehead atoms. The molecule has 0 N–H and O–H groups in total. The second kappa shape index (κ2) is 5.20. The molecule has 0 aromatic heterocycles. The maximum absolute atomic E-state index is 2.45. The number of rotatable bonds is 2. The van der Waals surface area contributed by atoms with Crippen LogP contribution in [0, 0.1) is 0 Å². The van der Waals surface area contributed by atoms with Gasteiger partial charge in [0, 0.05) is 0 Å². The van der Waals surface area contributed by atoms with Crippen molar-refractivity contribution in [2.75, 3.05) is 0 Å². The summed E-state index contributed by atoms with van der Waals surface area (Å²) in [7, 11) is 0. The van der Waals surface area contributed by atoms with Crippen molar-refractivity contribution in [3.8, 4) is 0 Å². The van der Waals surface area contributed by atoms with E-state index in [1.54, 1.807) is 15.0 Å². The third-order valence-corrected chi connectivity index (χ3v) is 7.83. The topological polar surface area (TPSA) is 0 Å². The summed E-state index contributed by atoms with van der Waals surface area (Å²) in [6.45, 7) is 4.91. The fourth-order valence-electron chi connectivity index (χ4n) is 1.88. The molecule has 2 aliphatic rings. The molecule has 0 atom stereocenters. The Bertz CT molecular complexity index is 419. The first-order valence-electron chi connectivity index (χ1n) is 5.43. The van der Waals surface area contributed by atoms with Crippen molar-refractivity contribution in [2.24, 2.45) is 0 Å². The zero-order valence-corrected chi connectivity index (χ0v) is 11.9. The van der Waals surface area contributed by atoms with Crippen molar-refractivity contribution in [1.82, 2.24) is 0 Å². The zero-order valence-electron chi connectivity index (χ0n) is 9.38. The Hall–Kier alpha value is -0.239. The average molecular weight is 248 g/mol. The summed E-state index contributed by atoms with van der Waals surface area (Å²) in [6, 6.07) is 0. The van der Waals surface area contributed by atoms with E-state index < -0.39 is 0 Å². The molecule has 0 saturated heterocycles. The van der Waals surface area contributed by atoms with Crippen molar-refractivity contribution in [3.63, 3.8) is 0 Å². The van der Waals surface area contributed by atoms with Gasteiger partial charge in [-0.1, -0.05) is 0 Å². The van der Waals surface area contributed by atoms with Gasteiger partial charge in [-0.15, -0.1) is 0 Å². The van der Waals surface area contributed by atoms with Gasteiger partial charge in [-0.2, -0.15) is 0 Å². The second-order valence-corrected chi connectivity index (χ2v) is 13.0. The van der Waals surface area contributed by atoms with E-state index in [0.717, 1.165) is 0 Å². The summed E-state index contributed by atoms with van der Waals surface area (Å²) >= 11 is 0.134. The molecule has 0 amide bonds. The molecule has 0 unspecified atom stereocenters. The number of hydrogen-bond donors (Lipinski definition) is 0. The molecule has 0 spiro atoms. The van der Waals surface area contributed by atoms with Crippen LogP contribution >= 0.6 is 0 Å². The monoisotopic (exact) mass is 248 g/mol. The molecule has 0 aromatic carbocycles. The molecule has 15 heavy (non-hydrogen) atoms. The molecule has 0 nitrogen and oxygen atoms in total. The van der Waals surface area contributed by atoms with Gasteiger partial charge in [0.1, 0.15) is 0 Å². The molecule has 2 heteroatoms. The van der Waals surface area contributed by atoms with E-state index >= 15 is 0 Å². The SMILES string of the molecule is C[Si](C)=[Ti]=[C](C1=CC=CC1)C1=CC=CC1. The minimum absolute atomic E-state index is 0.0557. The van der Waals surface area contributed by atoms with Gasteiger partial charge in [-0.05, 0) is 0 Å². The van der Waals surface area contributed by atoms with Crippen LogP contribution in [0.4, 0.5) is 0 Å².